The molecule has 0 radical (unpaired) electrons. The number of phenolic OH excluding ortho intramolecular Hbond substituents is 1. The molecule has 1 aromatic carbocycles. The molecule has 1 rings (SSSR count). The summed E-state index contributed by atoms with van der Waals surface area (Å²) in [4.78, 5) is 11.2. The van der Waals surface area contributed by atoms with E-state index in [1.807, 2.05) is 19.1 Å². The molecule has 3 nitrogen and oxygen atoms in total. The van der Waals surface area contributed by atoms with E-state index in [0.29, 0.717) is 13.0 Å². The molecule has 0 aliphatic heterocycles. The van der Waals surface area contributed by atoms with E-state index in [2.05, 4.69) is 0 Å². The maximum Gasteiger partial charge on any atom is 0.306 e. The first-order chi connectivity index (χ1) is 7.13. The monoisotopic (exact) mass is 208 g/mol. The Bertz CT molecular complexity index is 316. The Hall–Kier alpha value is -1.51. The first-order valence-corrected chi connectivity index (χ1v) is 5.08. The second kappa shape index (κ2) is 5.39. The molecule has 0 heterocycles. The van der Waals surface area contributed by atoms with Crippen LogP contribution in [0.2, 0.25) is 0 Å². The van der Waals surface area contributed by atoms with Crippen molar-refractivity contribution >= 4 is 5.97 Å². The fraction of sp³-hybridized carbons (Fsp3) is 0.417. The molecule has 0 aliphatic carbocycles. The Labute approximate surface area is 89.7 Å². The van der Waals surface area contributed by atoms with Crippen molar-refractivity contribution in [3.05, 3.63) is 29.8 Å². The maximum atomic E-state index is 11.2. The zero-order valence-electron chi connectivity index (χ0n) is 9.06. The summed E-state index contributed by atoms with van der Waals surface area (Å²) < 4.78 is 4.87. The van der Waals surface area contributed by atoms with Crippen LogP contribution < -0.4 is 0 Å². The summed E-state index contributed by atoms with van der Waals surface area (Å²) in [7, 11) is 0. The number of rotatable bonds is 4. The number of hydrogen-bond acceptors (Lipinski definition) is 3. The summed E-state index contributed by atoms with van der Waals surface area (Å²) in [6.07, 6.45) is 0.374. The number of carbonyl (C=O) groups is 1. The van der Waals surface area contributed by atoms with Crippen LogP contribution in [0.3, 0.4) is 0 Å². The van der Waals surface area contributed by atoms with Gasteiger partial charge in [0.05, 0.1) is 13.0 Å². The first-order valence-electron chi connectivity index (χ1n) is 5.08. The molecule has 0 aromatic heterocycles. The number of carbonyl (C=O) groups excluding carboxylic acids is 1. The lowest BCUT2D eigenvalue weighted by Crippen LogP contribution is -2.08. The van der Waals surface area contributed by atoms with Gasteiger partial charge in [-0.15, -0.1) is 0 Å². The topological polar surface area (TPSA) is 46.5 Å². The van der Waals surface area contributed by atoms with Crippen LogP contribution in [0.5, 0.6) is 5.75 Å². The molecule has 0 saturated heterocycles. The number of esters is 1. The van der Waals surface area contributed by atoms with E-state index in [4.69, 9.17) is 9.84 Å². The largest absolute Gasteiger partial charge is 0.508 e. The highest BCUT2D eigenvalue weighted by atomic mass is 16.5. The number of benzene rings is 1. The molecule has 3 heteroatoms. The number of aromatic hydroxyl groups is 1. The second-order valence-corrected chi connectivity index (χ2v) is 3.50. The van der Waals surface area contributed by atoms with Gasteiger partial charge < -0.3 is 9.84 Å². The lowest BCUT2D eigenvalue weighted by atomic mass is 9.98. The van der Waals surface area contributed by atoms with Crippen molar-refractivity contribution in [3.8, 4) is 5.75 Å². The summed E-state index contributed by atoms with van der Waals surface area (Å²) in [5.74, 6) is 0.171. The summed E-state index contributed by atoms with van der Waals surface area (Å²) >= 11 is 0. The Morgan fingerprint density at radius 1 is 1.40 bits per heavy atom. The maximum absolute atomic E-state index is 11.2. The zero-order chi connectivity index (χ0) is 11.3. The van der Waals surface area contributed by atoms with Crippen LogP contribution in [-0.4, -0.2) is 17.7 Å². The van der Waals surface area contributed by atoms with Gasteiger partial charge in [0.15, 0.2) is 0 Å². The van der Waals surface area contributed by atoms with Gasteiger partial charge in [0.1, 0.15) is 5.75 Å². The van der Waals surface area contributed by atoms with Crippen LogP contribution in [0.25, 0.3) is 0 Å². The Morgan fingerprint density at radius 2 is 2.00 bits per heavy atom. The molecule has 0 aliphatic rings. The van der Waals surface area contributed by atoms with Crippen molar-refractivity contribution in [1.29, 1.82) is 0 Å². The third-order valence-corrected chi connectivity index (χ3v) is 2.24. The molecule has 0 amide bonds. The van der Waals surface area contributed by atoms with E-state index in [-0.39, 0.29) is 17.6 Å². The predicted molar refractivity (Wildman–Crippen MR) is 57.8 cm³/mol. The number of phenols is 1. The number of hydrogen-bond donors (Lipinski definition) is 1. The highest BCUT2D eigenvalue weighted by Crippen LogP contribution is 2.21. The Kier molecular flexibility index (Phi) is 4.16. The summed E-state index contributed by atoms with van der Waals surface area (Å²) in [6, 6.07) is 6.88. The quantitative estimate of drug-likeness (QED) is 0.773. The van der Waals surface area contributed by atoms with Gasteiger partial charge in [0.25, 0.3) is 0 Å². The van der Waals surface area contributed by atoms with Gasteiger partial charge in [-0.2, -0.15) is 0 Å². The lowest BCUT2D eigenvalue weighted by molar-refractivity contribution is -0.143. The average Bonchev–Trinajstić information content (AvgIpc) is 2.18. The number of ether oxygens (including phenoxy) is 1. The van der Waals surface area contributed by atoms with Crippen LogP contribution in [0.4, 0.5) is 0 Å². The second-order valence-electron chi connectivity index (χ2n) is 3.50. The van der Waals surface area contributed by atoms with Crippen molar-refractivity contribution in [3.63, 3.8) is 0 Å². The van der Waals surface area contributed by atoms with Gasteiger partial charge in [-0.05, 0) is 30.5 Å². The molecule has 0 fully saturated rings. The van der Waals surface area contributed by atoms with Gasteiger partial charge >= 0.3 is 5.97 Å². The third-order valence-electron chi connectivity index (χ3n) is 2.24. The minimum absolute atomic E-state index is 0.115. The van der Waals surface area contributed by atoms with E-state index in [1.54, 1.807) is 19.1 Å². The molecule has 1 aromatic rings. The summed E-state index contributed by atoms with van der Waals surface area (Å²) in [5, 5.41) is 9.11. The van der Waals surface area contributed by atoms with Gasteiger partial charge in [0, 0.05) is 0 Å². The van der Waals surface area contributed by atoms with Crippen molar-refractivity contribution in [2.45, 2.75) is 26.2 Å². The molecule has 1 N–H and O–H groups in total. The lowest BCUT2D eigenvalue weighted by Gasteiger charge is -2.10. The summed E-state index contributed by atoms with van der Waals surface area (Å²) in [6.45, 7) is 4.17. The van der Waals surface area contributed by atoms with Gasteiger partial charge in [-0.25, -0.2) is 0 Å². The molecule has 0 bridgehead atoms. The SMILES string of the molecule is CCOC(=O)CC(C)c1ccc(O)cc1. The van der Waals surface area contributed by atoms with Crippen molar-refractivity contribution in [1.82, 2.24) is 0 Å². The minimum Gasteiger partial charge on any atom is -0.508 e. The molecular weight excluding hydrogens is 192 g/mol. The van der Waals surface area contributed by atoms with E-state index in [9.17, 15) is 4.79 Å². The molecule has 1 unspecified atom stereocenters. The normalized spacial score (nSPS) is 12.1. The highest BCUT2D eigenvalue weighted by molar-refractivity contribution is 5.70. The van der Waals surface area contributed by atoms with Crippen LogP contribution >= 0.6 is 0 Å². The zero-order valence-corrected chi connectivity index (χ0v) is 9.06. The van der Waals surface area contributed by atoms with Crippen molar-refractivity contribution < 1.29 is 14.6 Å². The molecule has 1 atom stereocenters. The average molecular weight is 208 g/mol. The molecule has 15 heavy (non-hydrogen) atoms. The van der Waals surface area contributed by atoms with Crippen LogP contribution in [0.15, 0.2) is 24.3 Å². The van der Waals surface area contributed by atoms with Gasteiger partial charge in [-0.1, -0.05) is 19.1 Å². The summed E-state index contributed by atoms with van der Waals surface area (Å²) in [5.41, 5.74) is 1.03. The molecule has 0 spiro atoms. The van der Waals surface area contributed by atoms with Crippen molar-refractivity contribution in [2.75, 3.05) is 6.61 Å². The van der Waals surface area contributed by atoms with E-state index in [0.717, 1.165) is 5.56 Å². The van der Waals surface area contributed by atoms with Gasteiger partial charge in [0.2, 0.25) is 0 Å². The standard InChI is InChI=1S/C12H16O3/c1-3-15-12(14)8-9(2)10-4-6-11(13)7-5-10/h4-7,9,13H,3,8H2,1-2H3. The van der Waals surface area contributed by atoms with Crippen LogP contribution in [0, 0.1) is 0 Å². The fourth-order valence-electron chi connectivity index (χ4n) is 1.39. The third kappa shape index (κ3) is 3.62. The van der Waals surface area contributed by atoms with Crippen LogP contribution in [0.1, 0.15) is 31.7 Å². The van der Waals surface area contributed by atoms with E-state index >= 15 is 0 Å². The molecule has 82 valence electrons. The highest BCUT2D eigenvalue weighted by Gasteiger charge is 2.11. The van der Waals surface area contributed by atoms with E-state index in [1.165, 1.54) is 0 Å². The molecular formula is C12H16O3. The van der Waals surface area contributed by atoms with Crippen molar-refractivity contribution in [2.24, 2.45) is 0 Å². The Balaban J connectivity index is 2.57. The first kappa shape index (κ1) is 11.6. The van der Waals surface area contributed by atoms with Gasteiger partial charge in [-0.3, -0.25) is 4.79 Å². The molecule has 0 saturated carbocycles. The Morgan fingerprint density at radius 3 is 2.53 bits per heavy atom. The predicted octanol–water partition coefficient (Wildman–Crippen LogP) is 2.45. The minimum atomic E-state index is -0.182. The smallest absolute Gasteiger partial charge is 0.306 e. The fourth-order valence-corrected chi connectivity index (χ4v) is 1.39. The van der Waals surface area contributed by atoms with Crippen LogP contribution in [-0.2, 0) is 9.53 Å². The van der Waals surface area contributed by atoms with E-state index < -0.39 is 0 Å².